The minimum absolute atomic E-state index is 0.0735. The third-order valence-corrected chi connectivity index (χ3v) is 3.54. The first-order valence-electron chi connectivity index (χ1n) is 7.58. The molecule has 1 unspecified atom stereocenters. The number of nitrogens with one attached hydrogen (secondary N) is 1. The molecule has 1 aromatic heterocycles. The van der Waals surface area contributed by atoms with Crippen molar-refractivity contribution in [3.8, 4) is 17.2 Å². The molecule has 8 heteroatoms. The normalized spacial score (nSPS) is 13.6. The zero-order valence-electron chi connectivity index (χ0n) is 13.2. The van der Waals surface area contributed by atoms with Gasteiger partial charge in [-0.1, -0.05) is 6.92 Å². The highest BCUT2D eigenvalue weighted by Gasteiger charge is 2.17. The van der Waals surface area contributed by atoms with Gasteiger partial charge in [-0.25, -0.2) is 4.98 Å². The molecule has 2 N–H and O–H groups in total. The topological polar surface area (TPSA) is 103 Å². The standard InChI is InChI=1S/C16H18N2O6/c1-2-10(6-19)17-16(20)12-7-22-15(18-12)8-21-11-3-4-13-14(5-11)24-9-23-13/h3-5,7,10,19H,2,6,8-9H2,1H3,(H,17,20). The summed E-state index contributed by atoms with van der Waals surface area (Å²) in [5, 5.41) is 11.8. The van der Waals surface area contributed by atoms with Crippen molar-refractivity contribution in [3.05, 3.63) is 36.0 Å². The van der Waals surface area contributed by atoms with E-state index >= 15 is 0 Å². The second-order valence-corrected chi connectivity index (χ2v) is 5.19. The molecule has 1 amide bonds. The van der Waals surface area contributed by atoms with Gasteiger partial charge in [0.25, 0.3) is 5.91 Å². The van der Waals surface area contributed by atoms with Crippen molar-refractivity contribution >= 4 is 5.91 Å². The Hall–Kier alpha value is -2.74. The number of rotatable bonds is 7. The van der Waals surface area contributed by atoms with E-state index in [9.17, 15) is 4.79 Å². The van der Waals surface area contributed by atoms with Gasteiger partial charge in [0.2, 0.25) is 12.7 Å². The summed E-state index contributed by atoms with van der Waals surface area (Å²) in [6.07, 6.45) is 1.89. The van der Waals surface area contributed by atoms with Gasteiger partial charge in [-0.2, -0.15) is 0 Å². The number of nitrogens with zero attached hydrogens (tertiary/aromatic N) is 1. The van der Waals surface area contributed by atoms with E-state index in [0.29, 0.717) is 23.7 Å². The second-order valence-electron chi connectivity index (χ2n) is 5.19. The van der Waals surface area contributed by atoms with Gasteiger partial charge in [-0.15, -0.1) is 0 Å². The summed E-state index contributed by atoms with van der Waals surface area (Å²) >= 11 is 0. The molecule has 8 nitrogen and oxygen atoms in total. The smallest absolute Gasteiger partial charge is 0.273 e. The number of hydrogen-bond donors (Lipinski definition) is 2. The maximum Gasteiger partial charge on any atom is 0.273 e. The Kier molecular flexibility index (Phi) is 4.85. The zero-order valence-corrected chi connectivity index (χ0v) is 13.2. The lowest BCUT2D eigenvalue weighted by molar-refractivity contribution is 0.0909. The number of benzene rings is 1. The van der Waals surface area contributed by atoms with Crippen molar-refractivity contribution in [2.24, 2.45) is 0 Å². The summed E-state index contributed by atoms with van der Waals surface area (Å²) in [5.74, 6) is 1.75. The van der Waals surface area contributed by atoms with Gasteiger partial charge in [0.15, 0.2) is 23.8 Å². The molecule has 0 bridgehead atoms. The number of aliphatic hydroxyl groups is 1. The first kappa shape index (κ1) is 16.1. The van der Waals surface area contributed by atoms with Gasteiger partial charge in [0, 0.05) is 6.07 Å². The quantitative estimate of drug-likeness (QED) is 0.790. The van der Waals surface area contributed by atoms with Crippen molar-refractivity contribution in [1.82, 2.24) is 10.3 Å². The molecular formula is C16H18N2O6. The van der Waals surface area contributed by atoms with Crippen molar-refractivity contribution in [2.75, 3.05) is 13.4 Å². The number of carbonyl (C=O) groups excluding carboxylic acids is 1. The lowest BCUT2D eigenvalue weighted by Crippen LogP contribution is -2.37. The number of carbonyl (C=O) groups is 1. The van der Waals surface area contributed by atoms with Crippen LogP contribution in [0, 0.1) is 0 Å². The van der Waals surface area contributed by atoms with Gasteiger partial charge in [0.05, 0.1) is 12.6 Å². The summed E-state index contributed by atoms with van der Waals surface area (Å²) < 4.78 is 21.3. The van der Waals surface area contributed by atoms with Crippen molar-refractivity contribution in [2.45, 2.75) is 26.0 Å². The molecule has 0 spiro atoms. The molecule has 0 aliphatic carbocycles. The summed E-state index contributed by atoms with van der Waals surface area (Å²) in [6, 6.07) is 4.91. The van der Waals surface area contributed by atoms with E-state index in [1.165, 1.54) is 6.26 Å². The van der Waals surface area contributed by atoms with Crippen LogP contribution in [-0.4, -0.2) is 35.4 Å². The molecule has 0 saturated carbocycles. The fraction of sp³-hybridized carbons (Fsp3) is 0.375. The molecule has 2 heterocycles. The molecule has 1 aliphatic heterocycles. The first-order chi connectivity index (χ1) is 11.7. The molecule has 128 valence electrons. The molecule has 0 saturated heterocycles. The van der Waals surface area contributed by atoms with Crippen LogP contribution in [0.2, 0.25) is 0 Å². The summed E-state index contributed by atoms with van der Waals surface area (Å²) in [4.78, 5) is 16.1. The van der Waals surface area contributed by atoms with Crippen LogP contribution < -0.4 is 19.5 Å². The Morgan fingerprint density at radius 1 is 1.42 bits per heavy atom. The Balaban J connectivity index is 1.57. The van der Waals surface area contributed by atoms with Crippen LogP contribution in [0.15, 0.2) is 28.9 Å². The lowest BCUT2D eigenvalue weighted by atomic mass is 10.2. The highest BCUT2D eigenvalue weighted by atomic mass is 16.7. The van der Waals surface area contributed by atoms with E-state index in [0.717, 1.165) is 0 Å². The molecule has 1 aliphatic rings. The monoisotopic (exact) mass is 334 g/mol. The largest absolute Gasteiger partial charge is 0.484 e. The van der Waals surface area contributed by atoms with E-state index in [1.807, 2.05) is 6.92 Å². The van der Waals surface area contributed by atoms with E-state index in [2.05, 4.69) is 10.3 Å². The molecule has 1 atom stereocenters. The Bertz CT molecular complexity index is 710. The second kappa shape index (κ2) is 7.22. The summed E-state index contributed by atoms with van der Waals surface area (Å²) in [5.41, 5.74) is 0.145. The Morgan fingerprint density at radius 3 is 3.04 bits per heavy atom. The number of oxazole rings is 1. The molecule has 0 fully saturated rings. The number of aromatic nitrogens is 1. The summed E-state index contributed by atoms with van der Waals surface area (Å²) in [6.45, 7) is 2.02. The van der Waals surface area contributed by atoms with Gasteiger partial charge in [-0.05, 0) is 18.6 Å². The predicted octanol–water partition coefficient (Wildman–Crippen LogP) is 1.48. The Labute approximate surface area is 138 Å². The highest BCUT2D eigenvalue weighted by Crippen LogP contribution is 2.35. The van der Waals surface area contributed by atoms with Crippen LogP contribution in [0.1, 0.15) is 29.7 Å². The minimum Gasteiger partial charge on any atom is -0.484 e. The van der Waals surface area contributed by atoms with E-state index in [1.54, 1.807) is 18.2 Å². The van der Waals surface area contributed by atoms with E-state index in [-0.39, 0.29) is 37.6 Å². The molecule has 3 rings (SSSR count). The molecule has 0 radical (unpaired) electrons. The fourth-order valence-electron chi connectivity index (χ4n) is 2.13. The van der Waals surface area contributed by atoms with Crippen LogP contribution in [0.3, 0.4) is 0 Å². The zero-order chi connectivity index (χ0) is 16.9. The molecule has 1 aromatic carbocycles. The van der Waals surface area contributed by atoms with Crippen LogP contribution in [0.5, 0.6) is 17.2 Å². The van der Waals surface area contributed by atoms with Gasteiger partial charge < -0.3 is 29.1 Å². The summed E-state index contributed by atoms with van der Waals surface area (Å²) in [7, 11) is 0. The van der Waals surface area contributed by atoms with Gasteiger partial charge in [-0.3, -0.25) is 4.79 Å². The first-order valence-corrected chi connectivity index (χ1v) is 7.58. The lowest BCUT2D eigenvalue weighted by Gasteiger charge is -2.12. The maximum atomic E-state index is 12.0. The fourth-order valence-corrected chi connectivity index (χ4v) is 2.13. The molecule has 24 heavy (non-hydrogen) atoms. The third-order valence-electron chi connectivity index (χ3n) is 3.54. The van der Waals surface area contributed by atoms with Crippen LogP contribution in [0.25, 0.3) is 0 Å². The number of hydrogen-bond acceptors (Lipinski definition) is 7. The van der Waals surface area contributed by atoms with Crippen LogP contribution >= 0.6 is 0 Å². The van der Waals surface area contributed by atoms with Crippen molar-refractivity contribution < 1.29 is 28.5 Å². The Morgan fingerprint density at radius 2 is 2.25 bits per heavy atom. The minimum atomic E-state index is -0.394. The van der Waals surface area contributed by atoms with E-state index in [4.69, 9.17) is 23.7 Å². The molecular weight excluding hydrogens is 316 g/mol. The number of ether oxygens (including phenoxy) is 3. The number of amides is 1. The molecule has 2 aromatic rings. The number of fused-ring (bicyclic) bond motifs is 1. The predicted molar refractivity (Wildman–Crippen MR) is 82.0 cm³/mol. The average Bonchev–Trinajstić information content (AvgIpc) is 3.26. The van der Waals surface area contributed by atoms with E-state index < -0.39 is 5.91 Å². The third kappa shape index (κ3) is 3.60. The van der Waals surface area contributed by atoms with Gasteiger partial charge >= 0.3 is 0 Å². The van der Waals surface area contributed by atoms with Crippen molar-refractivity contribution in [1.29, 1.82) is 0 Å². The highest BCUT2D eigenvalue weighted by molar-refractivity contribution is 5.92. The van der Waals surface area contributed by atoms with Gasteiger partial charge in [0.1, 0.15) is 12.0 Å². The van der Waals surface area contributed by atoms with Crippen LogP contribution in [0.4, 0.5) is 0 Å². The van der Waals surface area contributed by atoms with Crippen LogP contribution in [-0.2, 0) is 6.61 Å². The maximum absolute atomic E-state index is 12.0. The SMILES string of the molecule is CCC(CO)NC(=O)c1coc(COc2ccc3c(c2)OCO3)n1. The average molecular weight is 334 g/mol. The number of aliphatic hydroxyl groups excluding tert-OH is 1. The van der Waals surface area contributed by atoms with Crippen molar-refractivity contribution in [3.63, 3.8) is 0 Å².